The molecular weight excluding hydrogens is 506 g/mol. The molecule has 14 nitrogen and oxygen atoms in total. The minimum Gasteiger partial charge on any atom is -0.481 e. The summed E-state index contributed by atoms with van der Waals surface area (Å²) in [5.74, 6) is -2.91. The maximum absolute atomic E-state index is 12.4. The van der Waals surface area contributed by atoms with Crippen LogP contribution < -0.4 is 27.4 Å². The van der Waals surface area contributed by atoms with Crippen molar-refractivity contribution in [3.05, 3.63) is 41.7 Å². The zero-order chi connectivity index (χ0) is 28.9. The van der Waals surface area contributed by atoms with E-state index in [1.54, 1.807) is 18.3 Å². The van der Waals surface area contributed by atoms with Crippen LogP contribution in [-0.2, 0) is 16.1 Å². The molecule has 9 N–H and O–H groups in total. The number of nitrogens with two attached hydrogens (primary N) is 3. The van der Waals surface area contributed by atoms with Gasteiger partial charge in [0.2, 0.25) is 5.95 Å². The van der Waals surface area contributed by atoms with Crippen LogP contribution in [0.5, 0.6) is 0 Å². The van der Waals surface area contributed by atoms with Gasteiger partial charge in [-0.3, -0.25) is 9.59 Å². The Morgan fingerprint density at radius 3 is 2.31 bits per heavy atom. The third-order valence-electron chi connectivity index (χ3n) is 5.53. The van der Waals surface area contributed by atoms with Crippen LogP contribution in [0.3, 0.4) is 0 Å². The average Bonchev–Trinajstić information content (AvgIpc) is 2.90. The summed E-state index contributed by atoms with van der Waals surface area (Å²) < 4.78 is 0. The number of nitrogen functional groups attached to an aromatic ring is 2. The summed E-state index contributed by atoms with van der Waals surface area (Å²) in [5.41, 5.74) is 18.9. The molecule has 0 aliphatic carbocycles. The number of carboxylic acids is 2. The lowest BCUT2D eigenvalue weighted by Gasteiger charge is -2.19. The van der Waals surface area contributed by atoms with Crippen molar-refractivity contribution in [2.45, 2.75) is 51.6 Å². The Kier molecular flexibility index (Phi) is 11.8. The number of anilines is 3. The molecule has 0 saturated heterocycles. The maximum atomic E-state index is 12.4. The summed E-state index contributed by atoms with van der Waals surface area (Å²) in [6, 6.07) is 5.16. The molecule has 210 valence electrons. The third kappa shape index (κ3) is 9.66. The lowest BCUT2D eigenvalue weighted by atomic mass is 10.1. The number of nitrogens with zero attached hydrogens (tertiary/aromatic N) is 5. The van der Waals surface area contributed by atoms with Crippen molar-refractivity contribution in [1.82, 2.24) is 25.3 Å². The predicted molar refractivity (Wildman–Crippen MR) is 147 cm³/mol. The molecule has 1 aromatic carbocycles. The second-order valence-corrected chi connectivity index (χ2v) is 8.70. The number of carbonyl (C=O) groups excluding carboxylic acids is 1. The summed E-state index contributed by atoms with van der Waals surface area (Å²) >= 11 is 0. The first kappa shape index (κ1) is 30.6. The van der Waals surface area contributed by atoms with Gasteiger partial charge in [-0.05, 0) is 43.7 Å². The van der Waals surface area contributed by atoms with E-state index in [2.05, 4.69) is 32.2 Å². The SMILES string of the molecule is CCCCCN.CN(Cc1cnc2nc(N)nc(N)c2n1)c1ccc(C(=O)NC(CCC(=O)O)C(=O)O)cc1. The normalized spacial score (nSPS) is 11.3. The molecule has 0 radical (unpaired) electrons. The van der Waals surface area contributed by atoms with Crippen molar-refractivity contribution in [3.63, 3.8) is 0 Å². The van der Waals surface area contributed by atoms with E-state index in [4.69, 9.17) is 22.3 Å². The van der Waals surface area contributed by atoms with Crippen molar-refractivity contribution in [2.75, 3.05) is 30.0 Å². The molecule has 0 spiro atoms. The molecule has 3 rings (SSSR count). The van der Waals surface area contributed by atoms with Crippen molar-refractivity contribution in [2.24, 2.45) is 5.73 Å². The molecule has 1 amide bonds. The first-order valence-corrected chi connectivity index (χ1v) is 12.4. The Bertz CT molecular complexity index is 1270. The highest BCUT2D eigenvalue weighted by Gasteiger charge is 2.21. The molecule has 2 aromatic heterocycles. The maximum Gasteiger partial charge on any atom is 0.326 e. The highest BCUT2D eigenvalue weighted by molar-refractivity contribution is 5.97. The quantitative estimate of drug-likeness (QED) is 0.178. The number of nitrogens with one attached hydrogen (secondary N) is 1. The van der Waals surface area contributed by atoms with E-state index >= 15 is 0 Å². The number of hydrogen-bond acceptors (Lipinski definition) is 11. The van der Waals surface area contributed by atoms with Crippen molar-refractivity contribution in [3.8, 4) is 0 Å². The van der Waals surface area contributed by atoms with E-state index in [1.165, 1.54) is 31.4 Å². The van der Waals surface area contributed by atoms with Crippen molar-refractivity contribution < 1.29 is 24.6 Å². The van der Waals surface area contributed by atoms with E-state index in [1.807, 2.05) is 11.9 Å². The number of rotatable bonds is 12. The van der Waals surface area contributed by atoms with Crippen LogP contribution in [0.25, 0.3) is 11.2 Å². The molecule has 0 fully saturated rings. The van der Waals surface area contributed by atoms with Crippen LogP contribution in [-0.4, -0.2) is 67.6 Å². The van der Waals surface area contributed by atoms with Crippen LogP contribution in [0.15, 0.2) is 30.5 Å². The summed E-state index contributed by atoms with van der Waals surface area (Å²) in [6.07, 6.45) is 4.72. The summed E-state index contributed by atoms with van der Waals surface area (Å²) in [5, 5.41) is 20.2. The van der Waals surface area contributed by atoms with E-state index < -0.39 is 23.9 Å². The van der Waals surface area contributed by atoms with Crippen molar-refractivity contribution in [1.29, 1.82) is 0 Å². The van der Waals surface area contributed by atoms with Crippen LogP contribution in [0.4, 0.5) is 17.5 Å². The number of amides is 1. The molecule has 0 aliphatic heterocycles. The summed E-state index contributed by atoms with van der Waals surface area (Å²) in [6.45, 7) is 3.40. The Labute approximate surface area is 225 Å². The number of fused-ring (bicyclic) bond motifs is 1. The fraction of sp³-hybridized carbons (Fsp3) is 0.400. The highest BCUT2D eigenvalue weighted by Crippen LogP contribution is 2.19. The standard InChI is InChI=1S/C20H22N8O5.C5H13N/c1-28(9-11-8-23-17-15(24-11)16(21)26-20(22)27-17)12-4-2-10(3-5-12)18(31)25-13(19(32)33)6-7-14(29)30;1-2-3-4-5-6/h2-5,8,13H,6-7,9H2,1H3,(H,25,31)(H,29,30)(H,32,33)(H4,21,22,23,26,27);2-6H2,1H3. The number of carbonyl (C=O) groups is 3. The van der Waals surface area contributed by atoms with Crippen molar-refractivity contribution >= 4 is 46.5 Å². The van der Waals surface area contributed by atoms with Gasteiger partial charge in [0.1, 0.15) is 6.04 Å². The fourth-order valence-corrected chi connectivity index (χ4v) is 3.42. The molecule has 1 unspecified atom stereocenters. The molecule has 0 saturated carbocycles. The molecule has 39 heavy (non-hydrogen) atoms. The second kappa shape index (κ2) is 15.0. The van der Waals surface area contributed by atoms with Gasteiger partial charge in [0, 0.05) is 24.7 Å². The molecule has 2 heterocycles. The zero-order valence-electron chi connectivity index (χ0n) is 22.0. The number of benzene rings is 1. The fourth-order valence-electron chi connectivity index (χ4n) is 3.42. The lowest BCUT2D eigenvalue weighted by Crippen LogP contribution is -2.41. The first-order valence-electron chi connectivity index (χ1n) is 12.4. The Hall–Kier alpha value is -4.59. The van der Waals surface area contributed by atoms with Crippen LogP contribution in [0, 0.1) is 0 Å². The zero-order valence-corrected chi connectivity index (χ0v) is 22.0. The Morgan fingerprint density at radius 1 is 1.05 bits per heavy atom. The van der Waals surface area contributed by atoms with Gasteiger partial charge in [-0.2, -0.15) is 9.97 Å². The predicted octanol–water partition coefficient (Wildman–Crippen LogP) is 1.40. The van der Waals surface area contributed by atoms with E-state index in [0.29, 0.717) is 23.4 Å². The van der Waals surface area contributed by atoms with Gasteiger partial charge in [-0.1, -0.05) is 19.8 Å². The van der Waals surface area contributed by atoms with Gasteiger partial charge < -0.3 is 37.6 Å². The Morgan fingerprint density at radius 2 is 1.74 bits per heavy atom. The smallest absolute Gasteiger partial charge is 0.326 e. The molecule has 14 heteroatoms. The van der Waals surface area contributed by atoms with Crippen LogP contribution in [0.2, 0.25) is 0 Å². The minimum atomic E-state index is -1.30. The Balaban J connectivity index is 0.000000798. The number of unbranched alkanes of at least 4 members (excludes halogenated alkanes) is 2. The average molecular weight is 542 g/mol. The minimum absolute atomic E-state index is 0.0138. The van der Waals surface area contributed by atoms with E-state index in [0.717, 1.165) is 12.2 Å². The summed E-state index contributed by atoms with van der Waals surface area (Å²) in [7, 11) is 1.82. The van der Waals surface area contributed by atoms with Gasteiger partial charge in [0.05, 0.1) is 18.4 Å². The number of carboxylic acid groups (broad SMARTS) is 2. The van der Waals surface area contributed by atoms with Gasteiger partial charge in [-0.15, -0.1) is 0 Å². The highest BCUT2D eigenvalue weighted by atomic mass is 16.4. The lowest BCUT2D eigenvalue weighted by molar-refractivity contribution is -0.140. The summed E-state index contributed by atoms with van der Waals surface area (Å²) in [4.78, 5) is 52.7. The van der Waals surface area contributed by atoms with Crippen LogP contribution in [0.1, 0.15) is 55.1 Å². The van der Waals surface area contributed by atoms with Gasteiger partial charge >= 0.3 is 11.9 Å². The first-order chi connectivity index (χ1) is 18.5. The molecule has 1 atom stereocenters. The topological polar surface area (TPSA) is 237 Å². The second-order valence-electron chi connectivity index (χ2n) is 8.70. The van der Waals surface area contributed by atoms with E-state index in [9.17, 15) is 19.5 Å². The molecular formula is C25H35N9O5. The number of aliphatic carboxylic acids is 2. The molecule has 0 bridgehead atoms. The monoisotopic (exact) mass is 541 g/mol. The van der Waals surface area contributed by atoms with Gasteiger partial charge in [-0.25, -0.2) is 14.8 Å². The molecule has 3 aromatic rings. The van der Waals surface area contributed by atoms with Crippen LogP contribution >= 0.6 is 0 Å². The number of aromatic nitrogens is 4. The number of hydrogen-bond donors (Lipinski definition) is 6. The third-order valence-corrected chi connectivity index (χ3v) is 5.53. The largest absolute Gasteiger partial charge is 0.481 e. The van der Waals surface area contributed by atoms with Gasteiger partial charge in [0.15, 0.2) is 17.0 Å². The van der Waals surface area contributed by atoms with E-state index in [-0.39, 0.29) is 30.2 Å². The van der Waals surface area contributed by atoms with Gasteiger partial charge in [0.25, 0.3) is 5.91 Å². The molecule has 0 aliphatic rings.